The molecule has 1 aliphatic heterocycles. The van der Waals surface area contributed by atoms with Gasteiger partial charge in [-0.3, -0.25) is 0 Å². The second-order valence-electron chi connectivity index (χ2n) is 6.46. The zero-order chi connectivity index (χ0) is 18.9. The molecular weight excluding hydrogens is 356 g/mol. The molecule has 134 valence electrons. The third kappa shape index (κ3) is 2.90. The Balaban J connectivity index is 2.11. The van der Waals surface area contributed by atoms with Crippen molar-refractivity contribution in [1.82, 2.24) is 0 Å². The van der Waals surface area contributed by atoms with E-state index in [9.17, 15) is 8.42 Å². The molecule has 0 unspecified atom stereocenters. The van der Waals surface area contributed by atoms with Crippen LogP contribution in [0.5, 0.6) is 0 Å². The van der Waals surface area contributed by atoms with Crippen molar-refractivity contribution in [2.75, 3.05) is 6.26 Å². The minimum Gasteiger partial charge on any atom is -0.224 e. The highest BCUT2D eigenvalue weighted by Gasteiger charge is 2.49. The van der Waals surface area contributed by atoms with Gasteiger partial charge in [-0.25, -0.2) is 8.42 Å². The fraction of sp³-hybridized carbons (Fsp3) is 0.0909. The predicted molar refractivity (Wildman–Crippen MR) is 107 cm³/mol. The Kier molecular flexibility index (Phi) is 4.24. The Hall–Kier alpha value is -3.05. The van der Waals surface area contributed by atoms with Gasteiger partial charge < -0.3 is 0 Å². The van der Waals surface area contributed by atoms with Crippen molar-refractivity contribution in [3.05, 3.63) is 113 Å². The van der Waals surface area contributed by atoms with Crippen molar-refractivity contribution in [1.29, 1.82) is 0 Å². The summed E-state index contributed by atoms with van der Waals surface area (Å²) in [6.45, 7) is 0. The number of hydrogen-bond donors (Lipinski definition) is 0. The zero-order valence-electron chi connectivity index (χ0n) is 14.8. The first-order valence-corrected chi connectivity index (χ1v) is 10.5. The van der Waals surface area contributed by atoms with Crippen LogP contribution in [0.15, 0.2) is 106 Å². The summed E-state index contributed by atoms with van der Waals surface area (Å²) < 4.78 is 26.0. The summed E-state index contributed by atoms with van der Waals surface area (Å²) in [5.74, 6) is 0. The van der Waals surface area contributed by atoms with Gasteiger partial charge in [-0.05, 0) is 11.1 Å². The lowest BCUT2D eigenvalue weighted by Gasteiger charge is -2.28. The highest BCUT2D eigenvalue weighted by molar-refractivity contribution is 7.94. The summed E-state index contributed by atoms with van der Waals surface area (Å²) in [7, 11) is -3.61. The monoisotopic (exact) mass is 374 g/mol. The molecule has 0 spiro atoms. The van der Waals surface area contributed by atoms with Crippen molar-refractivity contribution < 1.29 is 8.42 Å². The molecule has 3 aromatic carbocycles. The van der Waals surface area contributed by atoms with E-state index in [4.69, 9.17) is 0 Å². The van der Waals surface area contributed by atoms with Gasteiger partial charge in [0.25, 0.3) is 0 Å². The number of benzene rings is 3. The quantitative estimate of drug-likeness (QED) is 0.658. The molecule has 1 aliphatic rings. The van der Waals surface area contributed by atoms with Gasteiger partial charge in [0.15, 0.2) is 15.4 Å². The van der Waals surface area contributed by atoms with Crippen LogP contribution < -0.4 is 0 Å². The van der Waals surface area contributed by atoms with Crippen LogP contribution in [-0.2, 0) is 15.4 Å². The van der Waals surface area contributed by atoms with Crippen molar-refractivity contribution in [2.45, 2.75) is 5.54 Å². The Bertz CT molecular complexity index is 1080. The van der Waals surface area contributed by atoms with E-state index in [-0.39, 0.29) is 4.91 Å². The molecule has 5 heteroatoms. The molecule has 0 aromatic heterocycles. The maximum Gasteiger partial charge on any atom is 0.177 e. The summed E-state index contributed by atoms with van der Waals surface area (Å²) in [4.78, 5) is 0.207. The first-order chi connectivity index (χ1) is 13.0. The van der Waals surface area contributed by atoms with Gasteiger partial charge in [-0.1, -0.05) is 91.0 Å². The van der Waals surface area contributed by atoms with Crippen LogP contribution in [0.25, 0.3) is 5.70 Å². The Morgan fingerprint density at radius 2 is 1.15 bits per heavy atom. The van der Waals surface area contributed by atoms with E-state index in [1.807, 2.05) is 91.0 Å². The third-order valence-electron chi connectivity index (χ3n) is 4.64. The fourth-order valence-corrected chi connectivity index (χ4v) is 4.84. The van der Waals surface area contributed by atoms with Gasteiger partial charge in [0.2, 0.25) is 0 Å². The summed E-state index contributed by atoms with van der Waals surface area (Å²) in [5, 5.41) is 8.97. The molecule has 0 atom stereocenters. The Morgan fingerprint density at radius 1 is 0.704 bits per heavy atom. The number of rotatable bonds is 4. The fourth-order valence-electron chi connectivity index (χ4n) is 3.52. The molecule has 27 heavy (non-hydrogen) atoms. The van der Waals surface area contributed by atoms with E-state index < -0.39 is 15.4 Å². The molecule has 0 fully saturated rings. The molecule has 3 aromatic rings. The molecular formula is C22H18N2O2S. The van der Waals surface area contributed by atoms with E-state index >= 15 is 0 Å². The SMILES string of the molecule is CS(=O)(=O)C1=C(c2ccccc2)N=NC1(c1ccccc1)c1ccccc1. The van der Waals surface area contributed by atoms with Gasteiger partial charge in [0, 0.05) is 11.8 Å². The second kappa shape index (κ2) is 6.59. The van der Waals surface area contributed by atoms with Crippen LogP contribution in [0, 0.1) is 0 Å². The Labute approximate surface area is 158 Å². The zero-order valence-corrected chi connectivity index (χ0v) is 15.6. The van der Waals surface area contributed by atoms with E-state index in [1.54, 1.807) is 0 Å². The minimum absolute atomic E-state index is 0.207. The van der Waals surface area contributed by atoms with Gasteiger partial charge in [-0.15, -0.1) is 0 Å². The van der Waals surface area contributed by atoms with E-state index in [0.29, 0.717) is 5.70 Å². The minimum atomic E-state index is -3.61. The van der Waals surface area contributed by atoms with Gasteiger partial charge in [-0.2, -0.15) is 10.2 Å². The van der Waals surface area contributed by atoms with E-state index in [1.165, 1.54) is 6.26 Å². The molecule has 0 N–H and O–H groups in total. The largest absolute Gasteiger partial charge is 0.224 e. The van der Waals surface area contributed by atoms with Crippen molar-refractivity contribution in [3.8, 4) is 0 Å². The number of azo groups is 1. The number of nitrogens with zero attached hydrogens (tertiary/aromatic N) is 2. The second-order valence-corrected chi connectivity index (χ2v) is 8.41. The third-order valence-corrected chi connectivity index (χ3v) is 5.88. The molecule has 0 amide bonds. The van der Waals surface area contributed by atoms with Crippen LogP contribution in [0.3, 0.4) is 0 Å². The molecule has 4 rings (SSSR count). The highest BCUT2D eigenvalue weighted by atomic mass is 32.2. The van der Waals surface area contributed by atoms with Gasteiger partial charge >= 0.3 is 0 Å². The first kappa shape index (κ1) is 17.4. The lowest BCUT2D eigenvalue weighted by atomic mass is 9.82. The topological polar surface area (TPSA) is 58.9 Å². The predicted octanol–water partition coefficient (Wildman–Crippen LogP) is 4.81. The average Bonchev–Trinajstić information content (AvgIpc) is 3.12. The summed E-state index contributed by atoms with van der Waals surface area (Å²) >= 11 is 0. The molecule has 0 radical (unpaired) electrons. The van der Waals surface area contributed by atoms with Crippen molar-refractivity contribution in [2.24, 2.45) is 10.2 Å². The molecule has 0 saturated heterocycles. The summed E-state index contributed by atoms with van der Waals surface area (Å²) in [6.07, 6.45) is 1.22. The van der Waals surface area contributed by atoms with Crippen LogP contribution in [0.1, 0.15) is 16.7 Å². The molecule has 0 saturated carbocycles. The van der Waals surface area contributed by atoms with Gasteiger partial charge in [0.1, 0.15) is 10.6 Å². The van der Waals surface area contributed by atoms with Gasteiger partial charge in [0.05, 0.1) is 0 Å². The summed E-state index contributed by atoms with van der Waals surface area (Å²) in [6, 6.07) is 28.2. The molecule has 4 nitrogen and oxygen atoms in total. The van der Waals surface area contributed by atoms with E-state index in [2.05, 4.69) is 10.2 Å². The normalized spacial score (nSPS) is 15.9. The standard InChI is InChI=1S/C22H18N2O2S/c1-27(25,26)21-20(17-11-5-2-6-12-17)23-24-22(21,18-13-7-3-8-14-18)19-15-9-4-10-16-19/h2-16H,1H3. The maximum atomic E-state index is 13.0. The first-order valence-electron chi connectivity index (χ1n) is 8.57. The van der Waals surface area contributed by atoms with Crippen LogP contribution >= 0.6 is 0 Å². The van der Waals surface area contributed by atoms with Crippen molar-refractivity contribution >= 4 is 15.5 Å². The number of hydrogen-bond acceptors (Lipinski definition) is 4. The number of sulfone groups is 1. The lowest BCUT2D eigenvalue weighted by Crippen LogP contribution is -2.30. The lowest BCUT2D eigenvalue weighted by molar-refractivity contribution is 0.589. The highest BCUT2D eigenvalue weighted by Crippen LogP contribution is 2.50. The van der Waals surface area contributed by atoms with Crippen LogP contribution in [0.2, 0.25) is 0 Å². The van der Waals surface area contributed by atoms with Crippen molar-refractivity contribution in [3.63, 3.8) is 0 Å². The molecule has 0 aliphatic carbocycles. The molecule has 1 heterocycles. The molecule has 0 bridgehead atoms. The average molecular weight is 374 g/mol. The smallest absolute Gasteiger partial charge is 0.177 e. The van der Waals surface area contributed by atoms with Crippen LogP contribution in [0.4, 0.5) is 0 Å². The van der Waals surface area contributed by atoms with Crippen LogP contribution in [-0.4, -0.2) is 14.7 Å². The van der Waals surface area contributed by atoms with E-state index in [0.717, 1.165) is 16.7 Å². The summed E-state index contributed by atoms with van der Waals surface area (Å²) in [5.41, 5.74) is 1.47. The maximum absolute atomic E-state index is 13.0. The Morgan fingerprint density at radius 3 is 1.59 bits per heavy atom.